The van der Waals surface area contributed by atoms with E-state index in [0.29, 0.717) is 17.7 Å². The number of benzene rings is 1. The van der Waals surface area contributed by atoms with E-state index < -0.39 is 26.4 Å². The van der Waals surface area contributed by atoms with Crippen molar-refractivity contribution in [2.75, 3.05) is 0 Å². The standard InChI is InChI=1S/C17H24O2S/c1-12(2)15-10-11-16(17(15,4)5)20(18,19)14-8-6-13(3)7-9-14/h6-9,15-16H,1,10-11H2,2-5H3/i15D. The van der Waals surface area contributed by atoms with Gasteiger partial charge in [0.1, 0.15) is 0 Å². The molecular formula is C17H24O2S. The Balaban J connectivity index is 2.47. The molecule has 0 radical (unpaired) electrons. The van der Waals surface area contributed by atoms with E-state index in [2.05, 4.69) is 6.58 Å². The van der Waals surface area contributed by atoms with E-state index in [0.717, 1.165) is 11.1 Å². The summed E-state index contributed by atoms with van der Waals surface area (Å²) in [5, 5.41) is -0.540. The molecule has 0 saturated heterocycles. The zero-order valence-corrected chi connectivity index (χ0v) is 13.5. The van der Waals surface area contributed by atoms with Gasteiger partial charge in [0.05, 0.1) is 10.1 Å². The zero-order valence-electron chi connectivity index (χ0n) is 13.7. The molecule has 0 aromatic heterocycles. The van der Waals surface area contributed by atoms with Gasteiger partial charge in [0.25, 0.3) is 0 Å². The monoisotopic (exact) mass is 293 g/mol. The van der Waals surface area contributed by atoms with Gasteiger partial charge >= 0.3 is 0 Å². The normalized spacial score (nSPS) is 30.0. The van der Waals surface area contributed by atoms with Gasteiger partial charge in [-0.1, -0.05) is 43.7 Å². The third-order valence-corrected chi connectivity index (χ3v) is 6.98. The van der Waals surface area contributed by atoms with Gasteiger partial charge in [-0.15, -0.1) is 0 Å². The fraction of sp³-hybridized carbons (Fsp3) is 0.529. The van der Waals surface area contributed by atoms with E-state index in [4.69, 9.17) is 1.37 Å². The van der Waals surface area contributed by atoms with Crippen LogP contribution in [0.2, 0.25) is 0 Å². The first-order valence-corrected chi connectivity index (χ1v) is 8.54. The second-order valence-corrected chi connectivity index (χ2v) is 8.50. The average Bonchev–Trinajstić information content (AvgIpc) is 2.62. The molecule has 1 aromatic carbocycles. The predicted molar refractivity (Wildman–Crippen MR) is 83.5 cm³/mol. The number of rotatable bonds is 3. The molecule has 0 N–H and O–H groups in total. The van der Waals surface area contributed by atoms with Crippen molar-refractivity contribution >= 4 is 9.84 Å². The van der Waals surface area contributed by atoms with Crippen LogP contribution in [-0.4, -0.2) is 13.7 Å². The Morgan fingerprint density at radius 1 is 1.30 bits per heavy atom. The van der Waals surface area contributed by atoms with Crippen LogP contribution >= 0.6 is 0 Å². The van der Waals surface area contributed by atoms with Gasteiger partial charge in [-0.3, -0.25) is 0 Å². The summed E-state index contributed by atoms with van der Waals surface area (Å²) in [6.45, 7) is 11.5. The van der Waals surface area contributed by atoms with Crippen LogP contribution in [0.1, 0.15) is 40.5 Å². The molecular weight excluding hydrogens is 268 g/mol. The highest BCUT2D eigenvalue weighted by molar-refractivity contribution is 7.92. The summed E-state index contributed by atoms with van der Waals surface area (Å²) in [7, 11) is -3.43. The summed E-state index contributed by atoms with van der Waals surface area (Å²) < 4.78 is 34.6. The molecule has 0 spiro atoms. The van der Waals surface area contributed by atoms with E-state index >= 15 is 0 Å². The van der Waals surface area contributed by atoms with Crippen LogP contribution in [0.3, 0.4) is 0 Å². The average molecular weight is 293 g/mol. The summed E-state index contributed by atoms with van der Waals surface area (Å²) in [5.74, 6) is -0.880. The highest BCUT2D eigenvalue weighted by atomic mass is 32.2. The Kier molecular flexibility index (Phi) is 3.49. The Morgan fingerprint density at radius 3 is 2.30 bits per heavy atom. The fourth-order valence-electron chi connectivity index (χ4n) is 3.35. The molecule has 110 valence electrons. The van der Waals surface area contributed by atoms with Gasteiger partial charge in [-0.05, 0) is 50.1 Å². The molecule has 1 saturated carbocycles. The molecule has 20 heavy (non-hydrogen) atoms. The number of sulfone groups is 1. The van der Waals surface area contributed by atoms with Crippen LogP contribution in [0.4, 0.5) is 0 Å². The first kappa shape index (κ1) is 13.9. The fourth-order valence-corrected chi connectivity index (χ4v) is 5.54. The summed E-state index contributed by atoms with van der Waals surface area (Å²) in [4.78, 5) is 0.358. The molecule has 1 aliphatic carbocycles. The molecule has 3 heteroatoms. The second kappa shape index (κ2) is 5.03. The minimum Gasteiger partial charge on any atom is -0.223 e. The minimum atomic E-state index is -3.43. The van der Waals surface area contributed by atoms with Crippen molar-refractivity contribution in [1.82, 2.24) is 0 Å². The highest BCUT2D eigenvalue weighted by Gasteiger charge is 2.49. The third-order valence-electron chi connectivity index (χ3n) is 4.48. The van der Waals surface area contributed by atoms with Crippen molar-refractivity contribution in [1.29, 1.82) is 0 Å². The number of hydrogen-bond donors (Lipinski definition) is 0. The minimum absolute atomic E-state index is 0.358. The van der Waals surface area contributed by atoms with Crippen molar-refractivity contribution in [2.24, 2.45) is 11.3 Å². The molecule has 0 heterocycles. The van der Waals surface area contributed by atoms with Crippen LogP contribution in [0, 0.1) is 18.2 Å². The maximum absolute atomic E-state index is 13.0. The Hall–Kier alpha value is -1.09. The smallest absolute Gasteiger partial charge is 0.181 e. The van der Waals surface area contributed by atoms with Gasteiger partial charge in [0.15, 0.2) is 9.84 Å². The Labute approximate surface area is 124 Å². The van der Waals surface area contributed by atoms with Crippen molar-refractivity contribution in [3.63, 3.8) is 0 Å². The van der Waals surface area contributed by atoms with Crippen LogP contribution in [0.5, 0.6) is 0 Å². The third kappa shape index (κ3) is 2.44. The highest BCUT2D eigenvalue weighted by Crippen LogP contribution is 2.50. The van der Waals surface area contributed by atoms with Crippen molar-refractivity contribution < 1.29 is 9.79 Å². The SMILES string of the molecule is [2H]C1(C(=C)C)CCC(S(=O)(=O)c2ccc(C)cc2)C1(C)C. The summed E-state index contributed by atoms with van der Waals surface area (Å²) in [6.07, 6.45) is 1.06. The summed E-state index contributed by atoms with van der Waals surface area (Å²) >= 11 is 0. The largest absolute Gasteiger partial charge is 0.223 e. The van der Waals surface area contributed by atoms with Crippen molar-refractivity contribution in [2.45, 2.75) is 50.7 Å². The first-order chi connectivity index (χ1) is 9.53. The Morgan fingerprint density at radius 2 is 1.85 bits per heavy atom. The maximum atomic E-state index is 13.0. The molecule has 1 aliphatic rings. The van der Waals surface area contributed by atoms with Crippen molar-refractivity contribution in [3.8, 4) is 0 Å². The van der Waals surface area contributed by atoms with E-state index in [1.54, 1.807) is 12.1 Å². The first-order valence-electron chi connectivity index (χ1n) is 7.50. The lowest BCUT2D eigenvalue weighted by atomic mass is 9.78. The number of hydrogen-bond acceptors (Lipinski definition) is 2. The van der Waals surface area contributed by atoms with Gasteiger partial charge in [0, 0.05) is 1.37 Å². The van der Waals surface area contributed by atoms with Gasteiger partial charge in [-0.2, -0.15) is 0 Å². The molecule has 2 rings (SSSR count). The maximum Gasteiger partial charge on any atom is 0.181 e. The van der Waals surface area contributed by atoms with Crippen LogP contribution < -0.4 is 0 Å². The molecule has 2 unspecified atom stereocenters. The van der Waals surface area contributed by atoms with Crippen LogP contribution in [0.25, 0.3) is 0 Å². The molecule has 0 bridgehead atoms. The second-order valence-electron chi connectivity index (χ2n) is 6.37. The molecule has 0 amide bonds. The molecule has 0 aliphatic heterocycles. The van der Waals surface area contributed by atoms with Gasteiger partial charge in [-0.25, -0.2) is 8.42 Å². The van der Waals surface area contributed by atoms with E-state index in [-0.39, 0.29) is 0 Å². The lowest BCUT2D eigenvalue weighted by molar-refractivity contribution is 0.298. The summed E-state index contributed by atoms with van der Waals surface area (Å²) in [5.41, 5.74) is 1.13. The molecule has 1 aromatic rings. The Bertz CT molecular complexity index is 659. The number of allylic oxidation sites excluding steroid dienone is 1. The lowest BCUT2D eigenvalue weighted by Gasteiger charge is -2.33. The van der Waals surface area contributed by atoms with E-state index in [9.17, 15) is 8.42 Å². The quantitative estimate of drug-likeness (QED) is 0.785. The van der Waals surface area contributed by atoms with E-state index in [1.807, 2.05) is 39.8 Å². The topological polar surface area (TPSA) is 34.1 Å². The lowest BCUT2D eigenvalue weighted by Crippen LogP contribution is -2.35. The summed E-state index contributed by atoms with van der Waals surface area (Å²) in [6, 6.07) is 6.99. The molecule has 1 fully saturated rings. The predicted octanol–water partition coefficient (Wildman–Crippen LogP) is 4.15. The number of aryl methyl sites for hydroxylation is 1. The van der Waals surface area contributed by atoms with Gasteiger partial charge < -0.3 is 0 Å². The van der Waals surface area contributed by atoms with Gasteiger partial charge in [0.2, 0.25) is 0 Å². The van der Waals surface area contributed by atoms with Crippen LogP contribution in [0.15, 0.2) is 41.3 Å². The zero-order chi connectivity index (χ0) is 16.1. The molecule has 2 atom stereocenters. The molecule has 2 nitrogen and oxygen atoms in total. The van der Waals surface area contributed by atoms with E-state index in [1.165, 1.54) is 0 Å². The van der Waals surface area contributed by atoms with Crippen LogP contribution in [-0.2, 0) is 9.84 Å². The van der Waals surface area contributed by atoms with Crippen molar-refractivity contribution in [3.05, 3.63) is 42.0 Å².